The third-order valence-electron chi connectivity index (χ3n) is 2.10. The SMILES string of the molecule is CSc1nc(N)cc(Nc2cc(Br)ccc2I)n1. The van der Waals surface area contributed by atoms with Crippen LogP contribution < -0.4 is 11.1 Å². The number of nitrogens with one attached hydrogen (secondary N) is 1. The van der Waals surface area contributed by atoms with E-state index in [1.165, 1.54) is 11.8 Å². The molecule has 94 valence electrons. The topological polar surface area (TPSA) is 63.8 Å². The van der Waals surface area contributed by atoms with E-state index >= 15 is 0 Å². The molecule has 1 aromatic heterocycles. The second-order valence-corrected chi connectivity index (χ2v) is 6.27. The van der Waals surface area contributed by atoms with E-state index in [2.05, 4.69) is 53.8 Å². The van der Waals surface area contributed by atoms with E-state index in [4.69, 9.17) is 5.73 Å². The Morgan fingerprint density at radius 3 is 2.83 bits per heavy atom. The summed E-state index contributed by atoms with van der Waals surface area (Å²) in [5.41, 5.74) is 6.72. The predicted octanol–water partition coefficient (Wildman–Crippen LogP) is 3.89. The molecular weight excluding hydrogens is 427 g/mol. The zero-order valence-corrected chi connectivity index (χ0v) is 14.0. The highest BCUT2D eigenvalue weighted by Crippen LogP contribution is 2.26. The van der Waals surface area contributed by atoms with Crippen LogP contribution >= 0.6 is 50.3 Å². The van der Waals surface area contributed by atoms with Crippen LogP contribution in [0.15, 0.2) is 33.9 Å². The summed E-state index contributed by atoms with van der Waals surface area (Å²) in [6, 6.07) is 7.73. The lowest BCUT2D eigenvalue weighted by atomic mass is 10.3. The van der Waals surface area contributed by atoms with Crippen LogP contribution in [0, 0.1) is 3.57 Å². The third kappa shape index (κ3) is 3.48. The summed E-state index contributed by atoms with van der Waals surface area (Å²) in [6.45, 7) is 0. The molecule has 0 atom stereocenters. The summed E-state index contributed by atoms with van der Waals surface area (Å²) in [5.74, 6) is 1.16. The van der Waals surface area contributed by atoms with Crippen LogP contribution in [0.5, 0.6) is 0 Å². The molecule has 7 heteroatoms. The molecule has 1 heterocycles. The molecule has 4 nitrogen and oxygen atoms in total. The predicted molar refractivity (Wildman–Crippen MR) is 88.4 cm³/mol. The summed E-state index contributed by atoms with van der Waals surface area (Å²) in [5, 5.41) is 3.90. The molecule has 1 aromatic carbocycles. The number of anilines is 3. The Kier molecular flexibility index (Phi) is 4.68. The number of nitrogen functional groups attached to an aromatic ring is 1. The van der Waals surface area contributed by atoms with E-state index in [0.29, 0.717) is 16.8 Å². The fourth-order valence-electron chi connectivity index (χ4n) is 1.33. The monoisotopic (exact) mass is 436 g/mol. The van der Waals surface area contributed by atoms with Crippen molar-refractivity contribution in [2.45, 2.75) is 5.16 Å². The largest absolute Gasteiger partial charge is 0.383 e. The first-order chi connectivity index (χ1) is 8.58. The molecule has 0 aliphatic heterocycles. The number of rotatable bonds is 3. The van der Waals surface area contributed by atoms with Gasteiger partial charge < -0.3 is 11.1 Å². The number of nitrogens with zero attached hydrogens (tertiary/aromatic N) is 2. The van der Waals surface area contributed by atoms with E-state index in [0.717, 1.165) is 13.7 Å². The maximum Gasteiger partial charge on any atom is 0.191 e. The van der Waals surface area contributed by atoms with Crippen LogP contribution in [0.2, 0.25) is 0 Å². The molecule has 0 saturated carbocycles. The molecule has 2 rings (SSSR count). The van der Waals surface area contributed by atoms with Crippen molar-refractivity contribution >= 4 is 67.6 Å². The van der Waals surface area contributed by atoms with Crippen LogP contribution in [0.1, 0.15) is 0 Å². The normalized spacial score (nSPS) is 10.4. The van der Waals surface area contributed by atoms with Gasteiger partial charge in [0.25, 0.3) is 0 Å². The van der Waals surface area contributed by atoms with Crippen molar-refractivity contribution < 1.29 is 0 Å². The molecule has 0 bridgehead atoms. The van der Waals surface area contributed by atoms with Gasteiger partial charge in [0, 0.05) is 14.1 Å². The smallest absolute Gasteiger partial charge is 0.191 e. The quantitative estimate of drug-likeness (QED) is 0.434. The molecule has 0 spiro atoms. The first kappa shape index (κ1) is 13.9. The Bertz CT molecular complexity index is 579. The number of benzene rings is 1. The lowest BCUT2D eigenvalue weighted by Gasteiger charge is -2.09. The van der Waals surface area contributed by atoms with Crippen LogP contribution in [-0.2, 0) is 0 Å². The molecule has 18 heavy (non-hydrogen) atoms. The van der Waals surface area contributed by atoms with Gasteiger partial charge >= 0.3 is 0 Å². The van der Waals surface area contributed by atoms with Gasteiger partial charge in [-0.3, -0.25) is 0 Å². The standard InChI is InChI=1S/C11H10BrIN4S/c1-18-11-16-9(14)5-10(17-11)15-8-4-6(12)2-3-7(8)13/h2-5H,1H3,(H3,14,15,16,17). The molecule has 0 aliphatic carbocycles. The van der Waals surface area contributed by atoms with Crippen LogP contribution in [-0.4, -0.2) is 16.2 Å². The minimum Gasteiger partial charge on any atom is -0.383 e. The molecule has 2 aromatic rings. The number of hydrogen-bond acceptors (Lipinski definition) is 5. The molecule has 0 aliphatic rings. The van der Waals surface area contributed by atoms with Crippen LogP contribution in [0.4, 0.5) is 17.3 Å². The van der Waals surface area contributed by atoms with Gasteiger partial charge in [-0.05, 0) is 47.0 Å². The highest BCUT2D eigenvalue weighted by atomic mass is 127. The minimum atomic E-state index is 0.460. The van der Waals surface area contributed by atoms with Gasteiger partial charge in [-0.25, -0.2) is 9.97 Å². The molecule has 0 radical (unpaired) electrons. The van der Waals surface area contributed by atoms with Crippen molar-refractivity contribution in [1.29, 1.82) is 0 Å². The van der Waals surface area contributed by atoms with Gasteiger partial charge in [0.2, 0.25) is 0 Å². The zero-order valence-electron chi connectivity index (χ0n) is 9.45. The number of aromatic nitrogens is 2. The lowest BCUT2D eigenvalue weighted by Crippen LogP contribution is -2.01. The van der Waals surface area contributed by atoms with E-state index in [9.17, 15) is 0 Å². The first-order valence-electron chi connectivity index (χ1n) is 4.99. The third-order valence-corrected chi connectivity index (χ3v) is 4.08. The molecule has 0 saturated heterocycles. The highest BCUT2D eigenvalue weighted by Gasteiger charge is 2.05. The van der Waals surface area contributed by atoms with E-state index in [1.54, 1.807) is 6.07 Å². The summed E-state index contributed by atoms with van der Waals surface area (Å²) in [7, 11) is 0. The van der Waals surface area contributed by atoms with Crippen molar-refractivity contribution in [3.63, 3.8) is 0 Å². The lowest BCUT2D eigenvalue weighted by molar-refractivity contribution is 0.984. The Balaban J connectivity index is 2.33. The second kappa shape index (κ2) is 6.07. The summed E-state index contributed by atoms with van der Waals surface area (Å²) < 4.78 is 2.12. The van der Waals surface area contributed by atoms with Gasteiger partial charge in [0.05, 0.1) is 5.69 Å². The summed E-state index contributed by atoms with van der Waals surface area (Å²) >= 11 is 7.18. The van der Waals surface area contributed by atoms with Crippen molar-refractivity contribution in [3.8, 4) is 0 Å². The number of thioether (sulfide) groups is 1. The van der Waals surface area contributed by atoms with Crippen molar-refractivity contribution in [3.05, 3.63) is 32.3 Å². The van der Waals surface area contributed by atoms with Crippen molar-refractivity contribution in [1.82, 2.24) is 9.97 Å². The highest BCUT2D eigenvalue weighted by molar-refractivity contribution is 14.1. The van der Waals surface area contributed by atoms with E-state index in [-0.39, 0.29) is 0 Å². The van der Waals surface area contributed by atoms with Crippen molar-refractivity contribution in [2.75, 3.05) is 17.3 Å². The van der Waals surface area contributed by atoms with Crippen LogP contribution in [0.3, 0.4) is 0 Å². The molecule has 3 N–H and O–H groups in total. The summed E-state index contributed by atoms with van der Waals surface area (Å²) in [6.07, 6.45) is 1.92. The van der Waals surface area contributed by atoms with Gasteiger partial charge in [0.1, 0.15) is 11.6 Å². The zero-order chi connectivity index (χ0) is 13.1. The fourth-order valence-corrected chi connectivity index (χ4v) is 2.55. The fraction of sp³-hybridized carbons (Fsp3) is 0.0909. The van der Waals surface area contributed by atoms with E-state index < -0.39 is 0 Å². The molecule has 0 amide bonds. The first-order valence-corrected chi connectivity index (χ1v) is 8.09. The Labute approximate surface area is 131 Å². The molecular formula is C11H10BrIN4S. The van der Waals surface area contributed by atoms with Gasteiger partial charge in [-0.2, -0.15) is 0 Å². The van der Waals surface area contributed by atoms with Crippen LogP contribution in [0.25, 0.3) is 0 Å². The molecule has 0 unspecified atom stereocenters. The number of hydrogen-bond donors (Lipinski definition) is 2. The van der Waals surface area contributed by atoms with Crippen molar-refractivity contribution in [2.24, 2.45) is 0 Å². The number of nitrogens with two attached hydrogens (primary N) is 1. The average molecular weight is 437 g/mol. The van der Waals surface area contributed by atoms with Gasteiger partial charge in [-0.1, -0.05) is 27.7 Å². The van der Waals surface area contributed by atoms with Gasteiger partial charge in [-0.15, -0.1) is 0 Å². The Morgan fingerprint density at radius 2 is 2.11 bits per heavy atom. The maximum atomic E-state index is 5.74. The Morgan fingerprint density at radius 1 is 1.33 bits per heavy atom. The van der Waals surface area contributed by atoms with Gasteiger partial charge in [0.15, 0.2) is 5.16 Å². The maximum absolute atomic E-state index is 5.74. The number of halogens is 2. The van der Waals surface area contributed by atoms with E-state index in [1.807, 2.05) is 24.5 Å². The molecule has 0 fully saturated rings. The minimum absolute atomic E-state index is 0.460. The summed E-state index contributed by atoms with van der Waals surface area (Å²) in [4.78, 5) is 8.47. The second-order valence-electron chi connectivity index (χ2n) is 3.41. The average Bonchev–Trinajstić information content (AvgIpc) is 2.33. The Hall–Kier alpha value is -0.540.